The van der Waals surface area contributed by atoms with Crippen molar-refractivity contribution < 1.29 is 4.79 Å². The third-order valence-corrected chi connectivity index (χ3v) is 5.31. The minimum absolute atomic E-state index is 0.198. The number of nitrogens with two attached hydrogens (primary N) is 1. The van der Waals surface area contributed by atoms with Gasteiger partial charge in [0.15, 0.2) is 11.5 Å². The lowest BCUT2D eigenvalue weighted by Gasteiger charge is -2.06. The molecule has 0 aliphatic heterocycles. The van der Waals surface area contributed by atoms with Gasteiger partial charge >= 0.3 is 0 Å². The summed E-state index contributed by atoms with van der Waals surface area (Å²) in [7, 11) is 0. The van der Waals surface area contributed by atoms with Gasteiger partial charge in [0.1, 0.15) is 0 Å². The summed E-state index contributed by atoms with van der Waals surface area (Å²) in [5.41, 5.74) is 9.08. The number of pyridine rings is 1. The second-order valence-corrected chi connectivity index (χ2v) is 6.77. The van der Waals surface area contributed by atoms with E-state index in [1.807, 2.05) is 37.3 Å². The fourth-order valence-electron chi connectivity index (χ4n) is 3.49. The molecule has 2 heterocycles. The van der Waals surface area contributed by atoms with Gasteiger partial charge in [0.25, 0.3) is 5.91 Å². The Morgan fingerprint density at radius 1 is 1.12 bits per heavy atom. The standard InChI is InChI=1S/C19H20N4O/c1-10-6-4-5-7-13(10)19(24)23-18-14(17(20)22-23)8-9-15(21-18)16-11(2)12(16)3/h4-9,11-12,16H,1-3H3,(H2,20,22)/t11-,12+,16+. The molecule has 5 nitrogen and oxygen atoms in total. The minimum Gasteiger partial charge on any atom is -0.382 e. The second kappa shape index (κ2) is 5.16. The summed E-state index contributed by atoms with van der Waals surface area (Å²) >= 11 is 0. The largest absolute Gasteiger partial charge is 0.382 e. The lowest BCUT2D eigenvalue weighted by Crippen LogP contribution is -2.15. The second-order valence-electron chi connectivity index (χ2n) is 6.77. The number of carbonyl (C=O) groups excluding carboxylic acids is 1. The number of hydrogen-bond acceptors (Lipinski definition) is 4. The summed E-state index contributed by atoms with van der Waals surface area (Å²) < 4.78 is 1.34. The van der Waals surface area contributed by atoms with E-state index in [9.17, 15) is 4.79 Å². The average molecular weight is 320 g/mol. The van der Waals surface area contributed by atoms with Crippen molar-refractivity contribution in [2.45, 2.75) is 26.7 Å². The summed E-state index contributed by atoms with van der Waals surface area (Å²) in [6.07, 6.45) is 0. The molecule has 3 aromatic rings. The van der Waals surface area contributed by atoms with Crippen molar-refractivity contribution in [1.29, 1.82) is 0 Å². The van der Waals surface area contributed by atoms with Crippen molar-refractivity contribution in [3.63, 3.8) is 0 Å². The van der Waals surface area contributed by atoms with Crippen LogP contribution in [0.5, 0.6) is 0 Å². The normalized spacial score (nSPS) is 22.7. The molecule has 0 saturated heterocycles. The van der Waals surface area contributed by atoms with Crippen LogP contribution in [0.15, 0.2) is 36.4 Å². The maximum absolute atomic E-state index is 12.9. The Morgan fingerprint density at radius 3 is 2.50 bits per heavy atom. The molecule has 2 aromatic heterocycles. The van der Waals surface area contributed by atoms with Gasteiger partial charge in [0.05, 0.1) is 5.39 Å². The molecule has 0 bridgehead atoms. The molecule has 0 unspecified atom stereocenters. The third-order valence-electron chi connectivity index (χ3n) is 5.31. The number of fused-ring (bicyclic) bond motifs is 1. The van der Waals surface area contributed by atoms with Crippen LogP contribution in [0, 0.1) is 18.8 Å². The molecule has 1 saturated carbocycles. The lowest BCUT2D eigenvalue weighted by atomic mass is 10.1. The molecule has 1 aliphatic rings. The quantitative estimate of drug-likeness (QED) is 0.785. The molecule has 0 spiro atoms. The summed E-state index contributed by atoms with van der Waals surface area (Å²) in [5.74, 6) is 1.83. The van der Waals surface area contributed by atoms with Gasteiger partial charge in [-0.05, 0) is 42.5 Å². The van der Waals surface area contributed by atoms with Crippen LogP contribution in [0.3, 0.4) is 0 Å². The predicted molar refractivity (Wildman–Crippen MR) is 93.9 cm³/mol. The first-order valence-electron chi connectivity index (χ1n) is 8.24. The monoisotopic (exact) mass is 320 g/mol. The summed E-state index contributed by atoms with van der Waals surface area (Å²) in [5, 5.41) is 4.97. The van der Waals surface area contributed by atoms with Gasteiger partial charge in [0.2, 0.25) is 0 Å². The zero-order valence-corrected chi connectivity index (χ0v) is 14.0. The zero-order chi connectivity index (χ0) is 17.0. The number of benzene rings is 1. The Morgan fingerprint density at radius 2 is 1.83 bits per heavy atom. The maximum atomic E-state index is 12.9. The zero-order valence-electron chi connectivity index (χ0n) is 14.0. The number of aryl methyl sites for hydroxylation is 1. The summed E-state index contributed by atoms with van der Waals surface area (Å²) in [6, 6.07) is 11.4. The fourth-order valence-corrected chi connectivity index (χ4v) is 3.49. The van der Waals surface area contributed by atoms with E-state index in [1.54, 1.807) is 6.07 Å². The van der Waals surface area contributed by atoms with Gasteiger partial charge in [0, 0.05) is 17.2 Å². The van der Waals surface area contributed by atoms with E-state index >= 15 is 0 Å². The minimum atomic E-state index is -0.198. The lowest BCUT2D eigenvalue weighted by molar-refractivity contribution is 0.0949. The first-order chi connectivity index (χ1) is 11.5. The molecule has 3 atom stereocenters. The van der Waals surface area contributed by atoms with Gasteiger partial charge in [-0.25, -0.2) is 4.98 Å². The maximum Gasteiger partial charge on any atom is 0.280 e. The number of nitrogen functional groups attached to an aromatic ring is 1. The average Bonchev–Trinajstić information content (AvgIpc) is 3.03. The Labute approximate surface area is 140 Å². The number of carbonyl (C=O) groups is 1. The van der Waals surface area contributed by atoms with Crippen LogP contribution < -0.4 is 5.73 Å². The van der Waals surface area contributed by atoms with E-state index in [2.05, 4.69) is 18.9 Å². The number of anilines is 1. The highest BCUT2D eigenvalue weighted by molar-refractivity contribution is 6.03. The molecular formula is C19H20N4O. The highest BCUT2D eigenvalue weighted by atomic mass is 16.2. The van der Waals surface area contributed by atoms with Gasteiger partial charge in [-0.3, -0.25) is 4.79 Å². The Bertz CT molecular complexity index is 951. The van der Waals surface area contributed by atoms with Crippen molar-refractivity contribution in [3.05, 3.63) is 53.2 Å². The van der Waals surface area contributed by atoms with Crippen LogP contribution >= 0.6 is 0 Å². The van der Waals surface area contributed by atoms with Crippen LogP contribution in [0.25, 0.3) is 11.0 Å². The summed E-state index contributed by atoms with van der Waals surface area (Å²) in [6.45, 7) is 6.37. The van der Waals surface area contributed by atoms with Gasteiger partial charge in [-0.1, -0.05) is 32.0 Å². The van der Waals surface area contributed by atoms with Gasteiger partial charge < -0.3 is 5.73 Å². The van der Waals surface area contributed by atoms with E-state index in [0.29, 0.717) is 34.8 Å². The van der Waals surface area contributed by atoms with Crippen LogP contribution in [-0.4, -0.2) is 20.7 Å². The van der Waals surface area contributed by atoms with Crippen LogP contribution in [0.1, 0.15) is 41.4 Å². The van der Waals surface area contributed by atoms with Crippen LogP contribution in [0.4, 0.5) is 5.82 Å². The van der Waals surface area contributed by atoms with Gasteiger partial charge in [-0.2, -0.15) is 4.68 Å². The fraction of sp³-hybridized carbons (Fsp3) is 0.316. The van der Waals surface area contributed by atoms with Crippen molar-refractivity contribution in [3.8, 4) is 0 Å². The molecule has 24 heavy (non-hydrogen) atoms. The number of nitrogens with zero attached hydrogens (tertiary/aromatic N) is 3. The molecule has 5 heteroatoms. The summed E-state index contributed by atoms with van der Waals surface area (Å²) in [4.78, 5) is 17.7. The van der Waals surface area contributed by atoms with E-state index in [4.69, 9.17) is 10.7 Å². The molecular weight excluding hydrogens is 300 g/mol. The van der Waals surface area contributed by atoms with Crippen LogP contribution in [-0.2, 0) is 0 Å². The van der Waals surface area contributed by atoms with Crippen molar-refractivity contribution in [2.75, 3.05) is 5.73 Å². The Balaban J connectivity index is 1.85. The molecule has 122 valence electrons. The first-order valence-corrected chi connectivity index (χ1v) is 8.24. The third kappa shape index (κ3) is 2.12. The van der Waals surface area contributed by atoms with E-state index < -0.39 is 0 Å². The molecule has 2 N–H and O–H groups in total. The van der Waals surface area contributed by atoms with Crippen LogP contribution in [0.2, 0.25) is 0 Å². The number of rotatable bonds is 2. The Kier molecular flexibility index (Phi) is 3.20. The molecule has 1 fully saturated rings. The molecule has 4 rings (SSSR count). The topological polar surface area (TPSA) is 73.8 Å². The van der Waals surface area contributed by atoms with E-state index in [-0.39, 0.29) is 5.91 Å². The highest BCUT2D eigenvalue weighted by Gasteiger charge is 2.45. The number of hydrogen-bond donors (Lipinski definition) is 1. The molecule has 0 radical (unpaired) electrons. The van der Waals surface area contributed by atoms with Crippen molar-refractivity contribution >= 4 is 22.8 Å². The predicted octanol–water partition coefficient (Wildman–Crippen LogP) is 3.38. The van der Waals surface area contributed by atoms with E-state index in [1.165, 1.54) is 4.68 Å². The molecule has 0 amide bonds. The SMILES string of the molecule is Cc1ccccc1C(=O)n1nc(N)c2ccc([C@H]3[C@H](C)[C@@H]3C)nc21. The smallest absolute Gasteiger partial charge is 0.280 e. The molecule has 1 aliphatic carbocycles. The van der Waals surface area contributed by atoms with Gasteiger partial charge in [-0.15, -0.1) is 5.10 Å². The van der Waals surface area contributed by atoms with Crippen molar-refractivity contribution in [2.24, 2.45) is 11.8 Å². The van der Waals surface area contributed by atoms with E-state index in [0.717, 1.165) is 16.6 Å². The van der Waals surface area contributed by atoms with Crippen molar-refractivity contribution in [1.82, 2.24) is 14.8 Å². The molecule has 1 aromatic carbocycles. The first kappa shape index (κ1) is 14.9. The number of aromatic nitrogens is 3. The highest BCUT2D eigenvalue weighted by Crippen LogP contribution is 2.52. The Hall–Kier alpha value is -2.69.